The minimum atomic E-state index is 0.325. The number of imidazole rings is 1. The molecule has 3 rings (SSSR count). The number of hydrogen-bond acceptors (Lipinski definition) is 3. The van der Waals surface area contributed by atoms with E-state index in [4.69, 9.17) is 4.74 Å². The van der Waals surface area contributed by atoms with Crippen molar-refractivity contribution in [1.29, 1.82) is 0 Å². The number of aryl methyl sites for hydroxylation is 1. The molecule has 0 amide bonds. The highest BCUT2D eigenvalue weighted by Gasteiger charge is 2.21. The van der Waals surface area contributed by atoms with Crippen molar-refractivity contribution in [2.45, 2.75) is 45.4 Å². The molecule has 1 aromatic heterocycles. The fourth-order valence-corrected chi connectivity index (χ4v) is 3.21. The average Bonchev–Trinajstić information content (AvgIpc) is 3.03. The predicted molar refractivity (Wildman–Crippen MR) is 92.4 cm³/mol. The van der Waals surface area contributed by atoms with E-state index in [9.17, 15) is 0 Å². The van der Waals surface area contributed by atoms with E-state index in [1.165, 1.54) is 5.56 Å². The molecule has 0 radical (unpaired) electrons. The summed E-state index contributed by atoms with van der Waals surface area (Å²) in [7, 11) is 0. The summed E-state index contributed by atoms with van der Waals surface area (Å²) < 4.78 is 8.22. The van der Waals surface area contributed by atoms with E-state index in [1.807, 2.05) is 6.20 Å². The number of benzene rings is 1. The normalized spacial score (nSPS) is 19.3. The van der Waals surface area contributed by atoms with Gasteiger partial charge in [0.15, 0.2) is 0 Å². The summed E-state index contributed by atoms with van der Waals surface area (Å²) in [6.07, 6.45) is 6.47. The van der Waals surface area contributed by atoms with Gasteiger partial charge in [-0.1, -0.05) is 30.3 Å². The summed E-state index contributed by atoms with van der Waals surface area (Å²) >= 11 is 0. The van der Waals surface area contributed by atoms with Crippen LogP contribution in [-0.4, -0.2) is 40.3 Å². The zero-order valence-corrected chi connectivity index (χ0v) is 14.2. The van der Waals surface area contributed by atoms with Crippen LogP contribution in [-0.2, 0) is 17.7 Å². The maximum Gasteiger partial charge on any atom is 0.123 e. The predicted octanol–water partition coefficient (Wildman–Crippen LogP) is 3.30. The lowest BCUT2D eigenvalue weighted by atomic mass is 10.1. The highest BCUT2D eigenvalue weighted by atomic mass is 16.5. The number of nitrogens with zero attached hydrogens (tertiary/aromatic N) is 3. The minimum Gasteiger partial charge on any atom is -0.376 e. The molecule has 0 bridgehead atoms. The van der Waals surface area contributed by atoms with E-state index < -0.39 is 0 Å². The molecule has 124 valence electrons. The number of morpholine rings is 1. The second-order valence-electron chi connectivity index (χ2n) is 6.60. The molecule has 0 spiro atoms. The average molecular weight is 313 g/mol. The highest BCUT2D eigenvalue weighted by Crippen LogP contribution is 2.16. The lowest BCUT2D eigenvalue weighted by Gasteiger charge is -2.33. The zero-order valence-electron chi connectivity index (χ0n) is 14.2. The van der Waals surface area contributed by atoms with Crippen molar-refractivity contribution in [1.82, 2.24) is 14.5 Å². The van der Waals surface area contributed by atoms with Crippen molar-refractivity contribution >= 4 is 0 Å². The first kappa shape index (κ1) is 16.2. The molecule has 1 fully saturated rings. The topological polar surface area (TPSA) is 30.3 Å². The third-order valence-corrected chi connectivity index (χ3v) is 4.49. The maximum absolute atomic E-state index is 5.96. The van der Waals surface area contributed by atoms with Crippen LogP contribution in [0.15, 0.2) is 42.7 Å². The molecule has 4 nitrogen and oxygen atoms in total. The number of hydrogen-bond donors (Lipinski definition) is 0. The monoisotopic (exact) mass is 313 g/mol. The van der Waals surface area contributed by atoms with Gasteiger partial charge >= 0.3 is 0 Å². The van der Waals surface area contributed by atoms with Gasteiger partial charge in [-0.2, -0.15) is 0 Å². The Morgan fingerprint density at radius 1 is 1.26 bits per heavy atom. The molecule has 0 N–H and O–H groups in total. The molecule has 1 saturated heterocycles. The summed E-state index contributed by atoms with van der Waals surface area (Å²) in [5.74, 6) is 1.16. The minimum absolute atomic E-state index is 0.325. The lowest BCUT2D eigenvalue weighted by Crippen LogP contribution is -2.42. The summed E-state index contributed by atoms with van der Waals surface area (Å²) in [4.78, 5) is 7.00. The van der Waals surface area contributed by atoms with Crippen molar-refractivity contribution in [2.75, 3.05) is 19.7 Å². The SMILES string of the molecule is CC(C)n1ccnc1CN1CCOC(CCc2ccccc2)C1. The molecule has 1 aromatic carbocycles. The zero-order chi connectivity index (χ0) is 16.1. The van der Waals surface area contributed by atoms with Crippen molar-refractivity contribution < 1.29 is 4.74 Å². The number of ether oxygens (including phenoxy) is 1. The van der Waals surface area contributed by atoms with Gasteiger partial charge in [0.2, 0.25) is 0 Å². The van der Waals surface area contributed by atoms with Crippen LogP contribution in [0.4, 0.5) is 0 Å². The molecular weight excluding hydrogens is 286 g/mol. The van der Waals surface area contributed by atoms with Crippen LogP contribution in [0.5, 0.6) is 0 Å². The molecule has 2 heterocycles. The molecule has 23 heavy (non-hydrogen) atoms. The van der Waals surface area contributed by atoms with E-state index in [0.717, 1.165) is 44.9 Å². The third-order valence-electron chi connectivity index (χ3n) is 4.49. The summed E-state index contributed by atoms with van der Waals surface area (Å²) in [5.41, 5.74) is 1.39. The van der Waals surface area contributed by atoms with Crippen molar-refractivity contribution in [3.8, 4) is 0 Å². The molecule has 1 atom stereocenters. The van der Waals surface area contributed by atoms with Gasteiger partial charge in [0.25, 0.3) is 0 Å². The Kier molecular flexibility index (Phi) is 5.47. The summed E-state index contributed by atoms with van der Waals surface area (Å²) in [6, 6.07) is 11.1. The fourth-order valence-electron chi connectivity index (χ4n) is 3.21. The van der Waals surface area contributed by atoms with Crippen molar-refractivity contribution in [3.05, 3.63) is 54.1 Å². The van der Waals surface area contributed by atoms with E-state index in [2.05, 4.69) is 64.8 Å². The van der Waals surface area contributed by atoms with E-state index in [-0.39, 0.29) is 0 Å². The summed E-state index contributed by atoms with van der Waals surface area (Å²) in [5, 5.41) is 0. The van der Waals surface area contributed by atoms with Crippen LogP contribution in [0.1, 0.15) is 37.7 Å². The Hall–Kier alpha value is -1.65. The molecule has 4 heteroatoms. The van der Waals surface area contributed by atoms with Crippen LogP contribution in [0.3, 0.4) is 0 Å². The van der Waals surface area contributed by atoms with Crippen LogP contribution in [0, 0.1) is 0 Å². The molecule has 1 unspecified atom stereocenters. The van der Waals surface area contributed by atoms with Crippen molar-refractivity contribution in [2.24, 2.45) is 0 Å². The molecule has 1 aliphatic rings. The first-order valence-electron chi connectivity index (χ1n) is 8.62. The van der Waals surface area contributed by atoms with Gasteiger partial charge in [0, 0.05) is 31.5 Å². The first-order valence-corrected chi connectivity index (χ1v) is 8.62. The molecule has 1 aliphatic heterocycles. The molecule has 0 saturated carbocycles. The highest BCUT2D eigenvalue weighted by molar-refractivity contribution is 5.14. The molecular formula is C19H27N3O. The Bertz CT molecular complexity index is 594. The second kappa shape index (κ2) is 7.75. The molecule has 2 aromatic rings. The Morgan fingerprint density at radius 2 is 2.09 bits per heavy atom. The van der Waals surface area contributed by atoms with Gasteiger partial charge in [-0.25, -0.2) is 4.98 Å². The standard InChI is InChI=1S/C19H27N3O/c1-16(2)22-11-10-20-19(22)15-21-12-13-23-18(14-21)9-8-17-6-4-3-5-7-17/h3-7,10-11,16,18H,8-9,12-15H2,1-2H3. The largest absolute Gasteiger partial charge is 0.376 e. The van der Waals surface area contributed by atoms with Crippen LogP contribution in [0.25, 0.3) is 0 Å². The van der Waals surface area contributed by atoms with Gasteiger partial charge in [-0.15, -0.1) is 0 Å². The van der Waals surface area contributed by atoms with Gasteiger partial charge in [-0.05, 0) is 32.3 Å². The number of aromatic nitrogens is 2. The van der Waals surface area contributed by atoms with E-state index >= 15 is 0 Å². The first-order chi connectivity index (χ1) is 11.2. The van der Waals surface area contributed by atoms with Gasteiger partial charge < -0.3 is 9.30 Å². The second-order valence-corrected chi connectivity index (χ2v) is 6.60. The Balaban J connectivity index is 1.53. The van der Waals surface area contributed by atoms with Crippen LogP contribution >= 0.6 is 0 Å². The molecule has 0 aliphatic carbocycles. The van der Waals surface area contributed by atoms with E-state index in [1.54, 1.807) is 0 Å². The van der Waals surface area contributed by atoms with E-state index in [0.29, 0.717) is 12.1 Å². The third kappa shape index (κ3) is 4.43. The lowest BCUT2D eigenvalue weighted by molar-refractivity contribution is -0.0356. The maximum atomic E-state index is 5.96. The Labute approximate surface area is 139 Å². The summed E-state index contributed by atoms with van der Waals surface area (Å²) in [6.45, 7) is 8.13. The van der Waals surface area contributed by atoms with Gasteiger partial charge in [0.1, 0.15) is 5.82 Å². The number of rotatable bonds is 6. The van der Waals surface area contributed by atoms with Crippen molar-refractivity contribution in [3.63, 3.8) is 0 Å². The van der Waals surface area contributed by atoms with Crippen LogP contribution < -0.4 is 0 Å². The fraction of sp³-hybridized carbons (Fsp3) is 0.526. The van der Waals surface area contributed by atoms with Gasteiger partial charge in [0.05, 0.1) is 19.3 Å². The van der Waals surface area contributed by atoms with Gasteiger partial charge in [-0.3, -0.25) is 4.90 Å². The quantitative estimate of drug-likeness (QED) is 0.820. The smallest absolute Gasteiger partial charge is 0.123 e. The Morgan fingerprint density at radius 3 is 2.87 bits per heavy atom. The van der Waals surface area contributed by atoms with Crippen LogP contribution in [0.2, 0.25) is 0 Å².